The molecule has 2 saturated heterocycles. The monoisotopic (exact) mass is 349 g/mol. The molecule has 2 aliphatic heterocycles. The number of rotatable bonds is 3. The van der Waals surface area contributed by atoms with Crippen molar-refractivity contribution in [1.82, 2.24) is 4.90 Å². The first-order valence-corrected chi connectivity index (χ1v) is 8.72. The van der Waals surface area contributed by atoms with Crippen molar-refractivity contribution in [1.29, 1.82) is 0 Å². The highest BCUT2D eigenvalue weighted by Crippen LogP contribution is 2.52. The predicted molar refractivity (Wildman–Crippen MR) is 87.9 cm³/mol. The molecule has 0 spiro atoms. The number of hydrogen-bond acceptors (Lipinski definition) is 3. The Labute approximate surface area is 145 Å². The molecule has 0 unspecified atom stereocenters. The summed E-state index contributed by atoms with van der Waals surface area (Å²) in [6, 6.07) is 7.43. The van der Waals surface area contributed by atoms with Crippen molar-refractivity contribution in [2.45, 2.75) is 24.7 Å². The van der Waals surface area contributed by atoms with Crippen molar-refractivity contribution in [2.75, 3.05) is 26.3 Å². The topological polar surface area (TPSA) is 66.8 Å². The molecule has 4 rings (SSSR count). The summed E-state index contributed by atoms with van der Waals surface area (Å²) < 4.78 is 5.47. The molecule has 1 amide bonds. The molecule has 3 aliphatic rings. The van der Waals surface area contributed by atoms with Gasteiger partial charge >= 0.3 is 5.97 Å². The van der Waals surface area contributed by atoms with Crippen LogP contribution in [0.5, 0.6) is 0 Å². The Balaban J connectivity index is 1.59. The molecule has 1 aromatic rings. The van der Waals surface area contributed by atoms with E-state index in [0.717, 1.165) is 18.4 Å². The molecule has 1 saturated carbocycles. The van der Waals surface area contributed by atoms with Crippen LogP contribution >= 0.6 is 11.6 Å². The minimum Gasteiger partial charge on any atom is -0.481 e. The van der Waals surface area contributed by atoms with Crippen LogP contribution in [0.2, 0.25) is 5.02 Å². The van der Waals surface area contributed by atoms with E-state index in [1.165, 1.54) is 0 Å². The summed E-state index contributed by atoms with van der Waals surface area (Å²) in [6.45, 7) is 1.64. The molecule has 1 N–H and O–H groups in total. The lowest BCUT2D eigenvalue weighted by molar-refractivity contribution is -0.157. The van der Waals surface area contributed by atoms with Gasteiger partial charge in [-0.1, -0.05) is 23.7 Å². The largest absolute Gasteiger partial charge is 0.481 e. The number of carboxylic acid groups (broad SMARTS) is 1. The third-order valence-electron chi connectivity index (χ3n) is 5.98. The quantitative estimate of drug-likeness (QED) is 0.909. The smallest absolute Gasteiger partial charge is 0.311 e. The van der Waals surface area contributed by atoms with E-state index in [9.17, 15) is 14.7 Å². The van der Waals surface area contributed by atoms with E-state index in [1.54, 1.807) is 17.0 Å². The summed E-state index contributed by atoms with van der Waals surface area (Å²) in [6.07, 6.45) is 2.10. The van der Waals surface area contributed by atoms with Crippen LogP contribution in [0.25, 0.3) is 0 Å². The summed E-state index contributed by atoms with van der Waals surface area (Å²) in [5.74, 6) is -0.865. The summed E-state index contributed by atoms with van der Waals surface area (Å²) in [7, 11) is 0. The fourth-order valence-electron chi connectivity index (χ4n) is 4.28. The van der Waals surface area contributed by atoms with Gasteiger partial charge in [0, 0.05) is 30.6 Å². The number of carboxylic acids is 1. The van der Waals surface area contributed by atoms with Crippen LogP contribution in [0, 0.1) is 11.3 Å². The first kappa shape index (κ1) is 15.9. The molecule has 6 heteroatoms. The molecule has 2 heterocycles. The van der Waals surface area contributed by atoms with Crippen LogP contribution in [0.1, 0.15) is 24.8 Å². The van der Waals surface area contributed by atoms with Crippen LogP contribution < -0.4 is 0 Å². The third-order valence-corrected chi connectivity index (χ3v) is 6.23. The van der Waals surface area contributed by atoms with Gasteiger partial charge in [-0.3, -0.25) is 9.59 Å². The maximum Gasteiger partial charge on any atom is 0.311 e. The average molecular weight is 350 g/mol. The van der Waals surface area contributed by atoms with Crippen LogP contribution in [-0.2, 0) is 19.7 Å². The first-order chi connectivity index (χ1) is 11.5. The Morgan fingerprint density at radius 1 is 1.21 bits per heavy atom. The number of fused-ring (bicyclic) bond motifs is 1. The number of carbonyl (C=O) groups excluding carboxylic acids is 1. The van der Waals surface area contributed by atoms with Crippen LogP contribution in [-0.4, -0.2) is 48.2 Å². The van der Waals surface area contributed by atoms with E-state index in [4.69, 9.17) is 16.3 Å². The molecule has 24 heavy (non-hydrogen) atoms. The van der Waals surface area contributed by atoms with Gasteiger partial charge in [0.1, 0.15) is 0 Å². The molecule has 128 valence electrons. The zero-order valence-corrected chi connectivity index (χ0v) is 14.1. The van der Waals surface area contributed by atoms with Gasteiger partial charge in [-0.25, -0.2) is 0 Å². The number of benzene rings is 1. The van der Waals surface area contributed by atoms with E-state index in [1.807, 2.05) is 12.1 Å². The normalized spacial score (nSPS) is 30.7. The Kier molecular flexibility index (Phi) is 3.62. The van der Waals surface area contributed by atoms with Gasteiger partial charge in [0.05, 0.1) is 17.4 Å². The lowest BCUT2D eigenvalue weighted by Gasteiger charge is -2.34. The van der Waals surface area contributed by atoms with Crippen molar-refractivity contribution >= 4 is 23.5 Å². The number of nitrogens with zero attached hydrogens (tertiary/aromatic N) is 1. The highest BCUT2D eigenvalue weighted by Gasteiger charge is 2.59. The Morgan fingerprint density at radius 2 is 1.92 bits per heavy atom. The number of amides is 1. The van der Waals surface area contributed by atoms with Crippen LogP contribution in [0.3, 0.4) is 0 Å². The number of carbonyl (C=O) groups is 2. The Bertz CT molecular complexity index is 685. The number of likely N-dealkylation sites (tertiary alicyclic amines) is 1. The van der Waals surface area contributed by atoms with Gasteiger partial charge < -0.3 is 14.7 Å². The fraction of sp³-hybridized carbons (Fsp3) is 0.556. The van der Waals surface area contributed by atoms with Crippen LogP contribution in [0.15, 0.2) is 24.3 Å². The van der Waals surface area contributed by atoms with Crippen molar-refractivity contribution in [3.05, 3.63) is 34.9 Å². The lowest BCUT2D eigenvalue weighted by Crippen LogP contribution is -2.45. The van der Waals surface area contributed by atoms with Gasteiger partial charge in [-0.15, -0.1) is 0 Å². The minimum absolute atomic E-state index is 0.0554. The highest BCUT2D eigenvalue weighted by atomic mass is 35.5. The predicted octanol–water partition coefficient (Wildman–Crippen LogP) is 2.32. The lowest BCUT2D eigenvalue weighted by atomic mass is 9.74. The van der Waals surface area contributed by atoms with Crippen molar-refractivity contribution < 1.29 is 19.4 Å². The zero-order chi connectivity index (χ0) is 16.9. The summed E-state index contributed by atoms with van der Waals surface area (Å²) in [4.78, 5) is 26.8. The summed E-state index contributed by atoms with van der Waals surface area (Å²) in [5.41, 5.74) is -0.352. The molecule has 0 bridgehead atoms. The van der Waals surface area contributed by atoms with E-state index in [0.29, 0.717) is 37.7 Å². The molecule has 3 fully saturated rings. The summed E-state index contributed by atoms with van der Waals surface area (Å²) >= 11 is 5.95. The second-order valence-corrected chi connectivity index (χ2v) is 7.69. The first-order valence-electron chi connectivity index (χ1n) is 8.35. The molecule has 2 atom stereocenters. The van der Waals surface area contributed by atoms with Crippen molar-refractivity contribution in [3.8, 4) is 0 Å². The molecule has 1 aromatic carbocycles. The van der Waals surface area contributed by atoms with Crippen molar-refractivity contribution in [2.24, 2.45) is 11.3 Å². The molecule has 0 radical (unpaired) electrons. The zero-order valence-electron chi connectivity index (χ0n) is 13.3. The number of hydrogen-bond donors (Lipinski definition) is 1. The van der Waals surface area contributed by atoms with Gasteiger partial charge in [-0.05, 0) is 37.0 Å². The maximum atomic E-state index is 13.2. The van der Waals surface area contributed by atoms with Gasteiger partial charge in [0.25, 0.3) is 0 Å². The number of ether oxygens (including phenoxy) is 1. The molecule has 1 aliphatic carbocycles. The van der Waals surface area contributed by atoms with Crippen molar-refractivity contribution in [3.63, 3.8) is 0 Å². The number of aliphatic carboxylic acids is 1. The maximum absolute atomic E-state index is 13.2. The van der Waals surface area contributed by atoms with E-state index < -0.39 is 16.8 Å². The molecular formula is C18H20ClNO4. The van der Waals surface area contributed by atoms with E-state index in [-0.39, 0.29) is 11.8 Å². The minimum atomic E-state index is -0.843. The number of halogens is 1. The third kappa shape index (κ3) is 2.25. The fourth-order valence-corrected chi connectivity index (χ4v) is 4.40. The van der Waals surface area contributed by atoms with Gasteiger partial charge in [-0.2, -0.15) is 0 Å². The van der Waals surface area contributed by atoms with Crippen LogP contribution in [0.4, 0.5) is 0 Å². The molecule has 0 aromatic heterocycles. The summed E-state index contributed by atoms with van der Waals surface area (Å²) in [5, 5.41) is 10.4. The van der Waals surface area contributed by atoms with E-state index >= 15 is 0 Å². The van der Waals surface area contributed by atoms with E-state index in [2.05, 4.69) is 0 Å². The average Bonchev–Trinajstić information content (AvgIpc) is 3.28. The van der Waals surface area contributed by atoms with Gasteiger partial charge in [0.15, 0.2) is 0 Å². The second kappa shape index (κ2) is 5.46. The SMILES string of the molecule is O=C(N1C[C@@H]2COCC[C@]2(C(=O)O)C1)C1(c2ccc(Cl)cc2)CC1. The molecule has 5 nitrogen and oxygen atoms in total. The highest BCUT2D eigenvalue weighted by molar-refractivity contribution is 6.30. The second-order valence-electron chi connectivity index (χ2n) is 7.26. The standard InChI is InChI=1S/C18H20ClNO4/c19-14-3-1-12(2-4-14)17(5-6-17)15(21)20-9-13-10-24-8-7-18(13,11-20)16(22)23/h1-4,13H,5-11H2,(H,22,23)/t13-,18+/m1/s1. The molecular weight excluding hydrogens is 330 g/mol. The Morgan fingerprint density at radius 3 is 2.50 bits per heavy atom. The Hall–Kier alpha value is -1.59. The van der Waals surface area contributed by atoms with Gasteiger partial charge in [0.2, 0.25) is 5.91 Å².